The molecule has 18 heavy (non-hydrogen) atoms. The molecular weight excluding hydrogens is 232 g/mol. The van der Waals surface area contributed by atoms with Gasteiger partial charge < -0.3 is 15.7 Å². The highest BCUT2D eigenvalue weighted by atomic mass is 16.4. The van der Waals surface area contributed by atoms with Gasteiger partial charge in [-0.3, -0.25) is 4.79 Å². The zero-order valence-electron chi connectivity index (χ0n) is 9.98. The predicted octanol–water partition coefficient (Wildman–Crippen LogP) is 0.263. The summed E-state index contributed by atoms with van der Waals surface area (Å²) in [6, 6.07) is 6.71. The highest BCUT2D eigenvalue weighted by molar-refractivity contribution is 5.87. The summed E-state index contributed by atoms with van der Waals surface area (Å²) in [6.07, 6.45) is 0.714. The Labute approximate surface area is 105 Å². The van der Waals surface area contributed by atoms with Crippen LogP contribution in [0.4, 0.5) is 0 Å². The fraction of sp³-hybridized carbons (Fsp3) is 0.385. The van der Waals surface area contributed by atoms with Crippen molar-refractivity contribution in [2.45, 2.75) is 6.42 Å². The second-order valence-corrected chi connectivity index (χ2v) is 4.40. The minimum absolute atomic E-state index is 0.0934. The zero-order valence-corrected chi connectivity index (χ0v) is 9.98. The molecule has 1 aliphatic heterocycles. The lowest BCUT2D eigenvalue weighted by atomic mass is 10.0. The number of nitrogens with one attached hydrogen (secondary N) is 2. The van der Waals surface area contributed by atoms with Gasteiger partial charge in [-0.15, -0.1) is 0 Å². The minimum Gasteiger partial charge on any atom is -0.478 e. The molecule has 1 fully saturated rings. The van der Waals surface area contributed by atoms with Crippen LogP contribution in [0.25, 0.3) is 0 Å². The molecule has 0 bridgehead atoms. The average Bonchev–Trinajstić information content (AvgIpc) is 2.27. The molecule has 1 saturated heterocycles. The van der Waals surface area contributed by atoms with Crippen LogP contribution in [-0.2, 0) is 11.2 Å². The largest absolute Gasteiger partial charge is 0.478 e. The number of aromatic carboxylic acids is 1. The summed E-state index contributed by atoms with van der Waals surface area (Å²) in [6.45, 7) is 2.11. The SMILES string of the molecule is O=C(O)c1ccc(CCNC(=O)C2CNC2)cc1. The van der Waals surface area contributed by atoms with Crippen molar-refractivity contribution >= 4 is 11.9 Å². The molecule has 5 nitrogen and oxygen atoms in total. The lowest BCUT2D eigenvalue weighted by Crippen LogP contribution is -2.51. The standard InChI is InChI=1S/C13H16N2O3/c16-12(11-7-14-8-11)15-6-5-9-1-3-10(4-2-9)13(17)18/h1-4,11,14H,5-8H2,(H,15,16)(H,17,18). The van der Waals surface area contributed by atoms with E-state index in [1.807, 2.05) is 0 Å². The van der Waals surface area contributed by atoms with E-state index in [0.29, 0.717) is 13.0 Å². The molecule has 0 unspecified atom stereocenters. The van der Waals surface area contributed by atoms with Crippen molar-refractivity contribution in [3.05, 3.63) is 35.4 Å². The van der Waals surface area contributed by atoms with Crippen molar-refractivity contribution in [2.24, 2.45) is 5.92 Å². The van der Waals surface area contributed by atoms with Gasteiger partial charge in [0, 0.05) is 19.6 Å². The number of benzene rings is 1. The normalized spacial score (nSPS) is 14.9. The quantitative estimate of drug-likeness (QED) is 0.698. The van der Waals surface area contributed by atoms with Gasteiger partial charge in [0.2, 0.25) is 5.91 Å². The number of carbonyl (C=O) groups excluding carboxylic acids is 1. The second kappa shape index (κ2) is 5.64. The van der Waals surface area contributed by atoms with Crippen LogP contribution in [0.15, 0.2) is 24.3 Å². The van der Waals surface area contributed by atoms with E-state index < -0.39 is 5.97 Å². The van der Waals surface area contributed by atoms with Crippen molar-refractivity contribution in [3.63, 3.8) is 0 Å². The molecule has 1 aromatic carbocycles. The summed E-state index contributed by atoms with van der Waals surface area (Å²) in [4.78, 5) is 22.2. The monoisotopic (exact) mass is 248 g/mol. The average molecular weight is 248 g/mol. The molecular formula is C13H16N2O3. The fourth-order valence-electron chi connectivity index (χ4n) is 1.76. The van der Waals surface area contributed by atoms with Gasteiger partial charge in [-0.1, -0.05) is 12.1 Å². The van der Waals surface area contributed by atoms with Gasteiger partial charge in [0.1, 0.15) is 0 Å². The Hall–Kier alpha value is -1.88. The number of hydrogen-bond acceptors (Lipinski definition) is 3. The topological polar surface area (TPSA) is 78.4 Å². The summed E-state index contributed by atoms with van der Waals surface area (Å²) in [5.41, 5.74) is 1.30. The molecule has 5 heteroatoms. The van der Waals surface area contributed by atoms with Gasteiger partial charge in [-0.05, 0) is 24.1 Å². The Morgan fingerprint density at radius 3 is 2.44 bits per heavy atom. The Balaban J connectivity index is 1.75. The maximum atomic E-state index is 11.5. The molecule has 3 N–H and O–H groups in total. The first-order valence-corrected chi connectivity index (χ1v) is 5.97. The first-order chi connectivity index (χ1) is 8.66. The predicted molar refractivity (Wildman–Crippen MR) is 66.5 cm³/mol. The molecule has 0 saturated carbocycles. The highest BCUT2D eigenvalue weighted by Crippen LogP contribution is 2.05. The number of amides is 1. The molecule has 0 aromatic heterocycles. The molecule has 0 aliphatic carbocycles. The van der Waals surface area contributed by atoms with Gasteiger partial charge in [-0.2, -0.15) is 0 Å². The van der Waals surface area contributed by atoms with E-state index in [-0.39, 0.29) is 17.4 Å². The molecule has 1 aromatic rings. The van der Waals surface area contributed by atoms with E-state index in [1.165, 1.54) is 0 Å². The lowest BCUT2D eigenvalue weighted by molar-refractivity contribution is -0.126. The van der Waals surface area contributed by atoms with E-state index in [1.54, 1.807) is 24.3 Å². The fourth-order valence-corrected chi connectivity index (χ4v) is 1.76. The van der Waals surface area contributed by atoms with E-state index in [9.17, 15) is 9.59 Å². The Morgan fingerprint density at radius 1 is 1.28 bits per heavy atom. The second-order valence-electron chi connectivity index (χ2n) is 4.40. The number of carbonyl (C=O) groups is 2. The Kier molecular flexibility index (Phi) is 3.94. The van der Waals surface area contributed by atoms with Crippen molar-refractivity contribution in [1.29, 1.82) is 0 Å². The summed E-state index contributed by atoms with van der Waals surface area (Å²) in [5, 5.41) is 14.7. The number of carboxylic acids is 1. The first-order valence-electron chi connectivity index (χ1n) is 5.97. The van der Waals surface area contributed by atoms with Crippen LogP contribution in [0.1, 0.15) is 15.9 Å². The number of hydrogen-bond donors (Lipinski definition) is 3. The number of carboxylic acid groups (broad SMARTS) is 1. The summed E-state index contributed by atoms with van der Waals surface area (Å²) in [7, 11) is 0. The molecule has 96 valence electrons. The Morgan fingerprint density at radius 2 is 1.94 bits per heavy atom. The maximum Gasteiger partial charge on any atom is 0.335 e. The molecule has 0 spiro atoms. The van der Waals surface area contributed by atoms with Gasteiger partial charge >= 0.3 is 5.97 Å². The summed E-state index contributed by atoms with van der Waals surface area (Å²) >= 11 is 0. The van der Waals surface area contributed by atoms with E-state index >= 15 is 0 Å². The van der Waals surface area contributed by atoms with E-state index in [0.717, 1.165) is 18.7 Å². The summed E-state index contributed by atoms with van der Waals surface area (Å²) in [5.74, 6) is -0.720. The molecule has 2 rings (SSSR count). The van der Waals surface area contributed by atoms with Gasteiger partial charge in [0.25, 0.3) is 0 Å². The van der Waals surface area contributed by atoms with Crippen LogP contribution >= 0.6 is 0 Å². The van der Waals surface area contributed by atoms with Crippen LogP contribution in [0.5, 0.6) is 0 Å². The van der Waals surface area contributed by atoms with Crippen molar-refractivity contribution in [2.75, 3.05) is 19.6 Å². The van der Waals surface area contributed by atoms with Crippen LogP contribution in [0.3, 0.4) is 0 Å². The van der Waals surface area contributed by atoms with Crippen molar-refractivity contribution < 1.29 is 14.7 Å². The maximum absolute atomic E-state index is 11.5. The van der Waals surface area contributed by atoms with Crippen LogP contribution in [0.2, 0.25) is 0 Å². The van der Waals surface area contributed by atoms with Gasteiger partial charge in [0.05, 0.1) is 11.5 Å². The van der Waals surface area contributed by atoms with Gasteiger partial charge in [-0.25, -0.2) is 4.79 Å². The third kappa shape index (κ3) is 3.07. The third-order valence-corrected chi connectivity index (χ3v) is 3.07. The molecule has 1 amide bonds. The smallest absolute Gasteiger partial charge is 0.335 e. The van der Waals surface area contributed by atoms with Crippen LogP contribution < -0.4 is 10.6 Å². The minimum atomic E-state index is -0.924. The van der Waals surface area contributed by atoms with Crippen LogP contribution in [-0.4, -0.2) is 36.6 Å². The number of rotatable bonds is 5. The third-order valence-electron chi connectivity index (χ3n) is 3.07. The van der Waals surface area contributed by atoms with E-state index in [4.69, 9.17) is 5.11 Å². The van der Waals surface area contributed by atoms with Crippen LogP contribution in [0, 0.1) is 5.92 Å². The molecule has 0 atom stereocenters. The van der Waals surface area contributed by atoms with Gasteiger partial charge in [0.15, 0.2) is 0 Å². The zero-order chi connectivity index (χ0) is 13.0. The first kappa shape index (κ1) is 12.6. The molecule has 0 radical (unpaired) electrons. The summed E-state index contributed by atoms with van der Waals surface area (Å²) < 4.78 is 0. The van der Waals surface area contributed by atoms with Crippen molar-refractivity contribution in [1.82, 2.24) is 10.6 Å². The van der Waals surface area contributed by atoms with E-state index in [2.05, 4.69) is 10.6 Å². The molecule has 1 heterocycles. The highest BCUT2D eigenvalue weighted by Gasteiger charge is 2.23. The lowest BCUT2D eigenvalue weighted by Gasteiger charge is -2.25. The Bertz CT molecular complexity index is 438. The van der Waals surface area contributed by atoms with Crippen molar-refractivity contribution in [3.8, 4) is 0 Å². The molecule has 1 aliphatic rings.